The number of carbonyl (C=O) groups is 3. The van der Waals surface area contributed by atoms with Crippen LogP contribution in [0, 0.1) is 15.9 Å². The van der Waals surface area contributed by atoms with Crippen molar-refractivity contribution in [1.82, 2.24) is 10.2 Å². The van der Waals surface area contributed by atoms with Gasteiger partial charge >= 0.3 is 6.03 Å². The van der Waals surface area contributed by atoms with Crippen LogP contribution in [0.1, 0.15) is 22.8 Å². The van der Waals surface area contributed by atoms with Crippen LogP contribution in [0.25, 0.3) is 0 Å². The molecule has 1 aliphatic heterocycles. The van der Waals surface area contributed by atoms with Gasteiger partial charge in [0, 0.05) is 17.7 Å². The minimum absolute atomic E-state index is 0.150. The van der Waals surface area contributed by atoms with Crippen LogP contribution in [0.2, 0.25) is 0 Å². The van der Waals surface area contributed by atoms with Gasteiger partial charge < -0.3 is 5.32 Å². The van der Waals surface area contributed by atoms with E-state index in [1.54, 1.807) is 0 Å². The molecule has 0 bridgehead atoms. The van der Waals surface area contributed by atoms with Crippen LogP contribution >= 0.6 is 0 Å². The van der Waals surface area contributed by atoms with Crippen molar-refractivity contribution in [2.24, 2.45) is 0 Å². The molecular weight excluding hydrogens is 357 g/mol. The van der Waals surface area contributed by atoms with Crippen molar-refractivity contribution in [3.63, 3.8) is 0 Å². The SMILES string of the molecule is C[C@@]1(c2ccc([N+](=O)[O-])cc2)NC(=O)N(CC(=O)c2ccc(F)cc2)C1=O. The number of Topliss-reactive ketones (excluding diaryl/α,β-unsaturated/α-hetero) is 1. The normalized spacial score (nSPS) is 19.1. The molecule has 1 atom stereocenters. The first kappa shape index (κ1) is 18.2. The number of nitrogens with zero attached hydrogens (tertiary/aromatic N) is 2. The van der Waals surface area contributed by atoms with E-state index < -0.39 is 40.5 Å². The molecule has 1 aliphatic rings. The summed E-state index contributed by atoms with van der Waals surface area (Å²) in [6.45, 7) is 0.954. The minimum atomic E-state index is -1.45. The van der Waals surface area contributed by atoms with Gasteiger partial charge in [0.25, 0.3) is 11.6 Å². The van der Waals surface area contributed by atoms with Crippen molar-refractivity contribution in [2.45, 2.75) is 12.5 Å². The maximum atomic E-state index is 13.0. The van der Waals surface area contributed by atoms with Gasteiger partial charge in [-0.1, -0.05) is 0 Å². The number of imide groups is 1. The predicted molar refractivity (Wildman–Crippen MR) is 91.4 cm³/mol. The standard InChI is InChI=1S/C18H14FN3O5/c1-18(12-4-8-14(9-5-12)22(26)27)16(24)21(17(25)20-18)10-15(23)11-2-6-13(19)7-3-11/h2-9H,10H2,1H3,(H,20,25)/t18-/m0/s1. The molecule has 3 rings (SSSR count). The second-order valence-electron chi connectivity index (χ2n) is 6.18. The number of carbonyl (C=O) groups excluding carboxylic acids is 3. The van der Waals surface area contributed by atoms with Gasteiger partial charge in [-0.05, 0) is 48.9 Å². The Morgan fingerprint density at radius 1 is 1.15 bits per heavy atom. The Bertz CT molecular complexity index is 942. The van der Waals surface area contributed by atoms with E-state index in [-0.39, 0.29) is 11.3 Å². The average molecular weight is 371 g/mol. The molecule has 0 aromatic heterocycles. The number of nitro groups is 1. The molecule has 8 nitrogen and oxygen atoms in total. The molecule has 1 saturated heterocycles. The number of hydrogen-bond acceptors (Lipinski definition) is 5. The number of benzene rings is 2. The Balaban J connectivity index is 1.82. The summed E-state index contributed by atoms with van der Waals surface area (Å²) in [5.74, 6) is -1.68. The van der Waals surface area contributed by atoms with E-state index >= 15 is 0 Å². The third-order valence-electron chi connectivity index (χ3n) is 4.40. The molecule has 1 N–H and O–H groups in total. The second kappa shape index (κ2) is 6.60. The molecule has 1 fully saturated rings. The third-order valence-corrected chi connectivity index (χ3v) is 4.40. The highest BCUT2D eigenvalue weighted by atomic mass is 19.1. The number of nitrogens with one attached hydrogen (secondary N) is 1. The summed E-state index contributed by atoms with van der Waals surface area (Å²) in [6, 6.07) is 9.22. The summed E-state index contributed by atoms with van der Waals surface area (Å²) < 4.78 is 13.0. The number of amides is 3. The van der Waals surface area contributed by atoms with E-state index in [1.165, 1.54) is 43.3 Å². The fourth-order valence-corrected chi connectivity index (χ4v) is 2.82. The average Bonchev–Trinajstić information content (AvgIpc) is 2.86. The monoisotopic (exact) mass is 371 g/mol. The highest BCUT2D eigenvalue weighted by Gasteiger charge is 2.49. The summed E-state index contributed by atoms with van der Waals surface area (Å²) in [5.41, 5.74) is -1.08. The molecule has 0 radical (unpaired) electrons. The third kappa shape index (κ3) is 3.26. The fraction of sp³-hybridized carbons (Fsp3) is 0.167. The van der Waals surface area contributed by atoms with Gasteiger partial charge in [0.05, 0.1) is 11.5 Å². The Labute approximate surface area is 152 Å². The highest BCUT2D eigenvalue weighted by molar-refractivity contribution is 6.11. The van der Waals surface area contributed by atoms with Gasteiger partial charge in [-0.15, -0.1) is 0 Å². The number of rotatable bonds is 5. The van der Waals surface area contributed by atoms with Crippen LogP contribution in [-0.2, 0) is 10.3 Å². The molecule has 3 amide bonds. The van der Waals surface area contributed by atoms with Crippen molar-refractivity contribution < 1.29 is 23.7 Å². The van der Waals surface area contributed by atoms with E-state index in [0.29, 0.717) is 5.56 Å². The first-order chi connectivity index (χ1) is 12.7. The summed E-state index contributed by atoms with van der Waals surface area (Å²) in [5, 5.41) is 13.3. The van der Waals surface area contributed by atoms with Crippen LogP contribution < -0.4 is 5.32 Å². The van der Waals surface area contributed by atoms with Crippen molar-refractivity contribution >= 4 is 23.4 Å². The second-order valence-corrected chi connectivity index (χ2v) is 6.18. The highest BCUT2D eigenvalue weighted by Crippen LogP contribution is 2.30. The minimum Gasteiger partial charge on any atom is -0.319 e. The predicted octanol–water partition coefficient (Wildman–Crippen LogP) is 2.38. The molecule has 0 unspecified atom stereocenters. The van der Waals surface area contributed by atoms with Crippen LogP contribution in [-0.4, -0.2) is 34.1 Å². The topological polar surface area (TPSA) is 110 Å². The van der Waals surface area contributed by atoms with Crippen LogP contribution in [0.3, 0.4) is 0 Å². The summed E-state index contributed by atoms with van der Waals surface area (Å²) in [6.07, 6.45) is 0. The number of non-ortho nitro benzene ring substituents is 1. The largest absolute Gasteiger partial charge is 0.325 e. The lowest BCUT2D eigenvalue weighted by Gasteiger charge is -2.22. The molecule has 0 spiro atoms. The Morgan fingerprint density at radius 3 is 2.30 bits per heavy atom. The van der Waals surface area contributed by atoms with Crippen molar-refractivity contribution in [1.29, 1.82) is 0 Å². The molecule has 0 saturated carbocycles. The van der Waals surface area contributed by atoms with E-state index in [9.17, 15) is 28.9 Å². The van der Waals surface area contributed by atoms with E-state index in [4.69, 9.17) is 0 Å². The number of hydrogen-bond donors (Lipinski definition) is 1. The van der Waals surface area contributed by atoms with Gasteiger partial charge in [0.1, 0.15) is 11.4 Å². The molecule has 27 heavy (non-hydrogen) atoms. The lowest BCUT2D eigenvalue weighted by Crippen LogP contribution is -2.41. The summed E-state index contributed by atoms with van der Waals surface area (Å²) in [7, 11) is 0. The molecule has 0 aliphatic carbocycles. The van der Waals surface area contributed by atoms with E-state index in [1.807, 2.05) is 0 Å². The Morgan fingerprint density at radius 2 is 1.74 bits per heavy atom. The zero-order chi connectivity index (χ0) is 19.8. The zero-order valence-electron chi connectivity index (χ0n) is 14.1. The van der Waals surface area contributed by atoms with Crippen LogP contribution in [0.5, 0.6) is 0 Å². The maximum Gasteiger partial charge on any atom is 0.325 e. The van der Waals surface area contributed by atoms with Crippen molar-refractivity contribution in [3.8, 4) is 0 Å². The molecule has 2 aromatic carbocycles. The van der Waals surface area contributed by atoms with Gasteiger partial charge in [-0.25, -0.2) is 9.18 Å². The fourth-order valence-electron chi connectivity index (χ4n) is 2.82. The van der Waals surface area contributed by atoms with Crippen molar-refractivity contribution in [3.05, 3.63) is 75.6 Å². The molecule has 1 heterocycles. The number of halogens is 1. The van der Waals surface area contributed by atoms with Gasteiger partial charge in [0.15, 0.2) is 5.78 Å². The lowest BCUT2D eigenvalue weighted by atomic mass is 9.92. The summed E-state index contributed by atoms with van der Waals surface area (Å²) in [4.78, 5) is 48.3. The molecule has 9 heteroatoms. The smallest absolute Gasteiger partial charge is 0.319 e. The molecule has 138 valence electrons. The quantitative estimate of drug-likeness (QED) is 0.376. The summed E-state index contributed by atoms with van der Waals surface area (Å²) >= 11 is 0. The van der Waals surface area contributed by atoms with Gasteiger partial charge in [0.2, 0.25) is 0 Å². The van der Waals surface area contributed by atoms with Crippen LogP contribution in [0.15, 0.2) is 48.5 Å². The van der Waals surface area contributed by atoms with Crippen LogP contribution in [0.4, 0.5) is 14.9 Å². The van der Waals surface area contributed by atoms with E-state index in [2.05, 4.69) is 5.32 Å². The number of ketones is 1. The first-order valence-electron chi connectivity index (χ1n) is 7.90. The van der Waals surface area contributed by atoms with E-state index in [0.717, 1.165) is 17.0 Å². The maximum absolute atomic E-state index is 13.0. The van der Waals surface area contributed by atoms with Gasteiger partial charge in [-0.3, -0.25) is 24.6 Å². The first-order valence-corrected chi connectivity index (χ1v) is 7.90. The molecule has 2 aromatic rings. The van der Waals surface area contributed by atoms with Gasteiger partial charge in [-0.2, -0.15) is 0 Å². The van der Waals surface area contributed by atoms with Crippen molar-refractivity contribution in [2.75, 3.05) is 6.54 Å². The lowest BCUT2D eigenvalue weighted by molar-refractivity contribution is -0.384. The number of urea groups is 1. The Hall–Kier alpha value is -3.62. The molecular formula is C18H14FN3O5. The Kier molecular flexibility index (Phi) is 4.44. The number of nitro benzene ring substituents is 1. The zero-order valence-corrected chi connectivity index (χ0v) is 14.1.